The lowest BCUT2D eigenvalue weighted by molar-refractivity contribution is -0.116. The summed E-state index contributed by atoms with van der Waals surface area (Å²) in [5.41, 5.74) is 1.09. The highest BCUT2D eigenvalue weighted by Crippen LogP contribution is 2.24. The van der Waals surface area contributed by atoms with Gasteiger partial charge in [-0.3, -0.25) is 9.78 Å². The molecular weight excluding hydrogens is 292 g/mol. The highest BCUT2D eigenvalue weighted by atomic mass is 35.5. The number of aromatic nitrogens is 1. The molecule has 0 saturated carbocycles. The smallest absolute Gasteiger partial charge is 0.339 e. The maximum absolute atomic E-state index is 11.9. The highest BCUT2D eigenvalue weighted by molar-refractivity contribution is 6.34. The first-order valence-corrected chi connectivity index (χ1v) is 6.66. The Hall–Kier alpha value is -2.40. The van der Waals surface area contributed by atoms with Gasteiger partial charge < -0.3 is 10.4 Å². The average Bonchev–Trinajstić information content (AvgIpc) is 2.46. The zero-order valence-electron chi connectivity index (χ0n) is 11.0. The van der Waals surface area contributed by atoms with Gasteiger partial charge in [0, 0.05) is 18.8 Å². The van der Waals surface area contributed by atoms with Crippen LogP contribution in [0.5, 0.6) is 0 Å². The molecule has 2 rings (SSSR count). The van der Waals surface area contributed by atoms with Crippen molar-refractivity contribution >= 4 is 29.2 Å². The number of benzene rings is 1. The minimum Gasteiger partial charge on any atom is -0.478 e. The molecule has 1 amide bonds. The van der Waals surface area contributed by atoms with Gasteiger partial charge in [-0.2, -0.15) is 0 Å². The van der Waals surface area contributed by atoms with Crippen molar-refractivity contribution in [3.05, 3.63) is 58.9 Å². The fourth-order valence-electron chi connectivity index (χ4n) is 1.87. The predicted molar refractivity (Wildman–Crippen MR) is 79.6 cm³/mol. The van der Waals surface area contributed by atoms with E-state index >= 15 is 0 Å². The lowest BCUT2D eigenvalue weighted by Crippen LogP contribution is -2.15. The molecule has 1 aromatic heterocycles. The Morgan fingerprint density at radius 3 is 2.57 bits per heavy atom. The number of nitrogens with one attached hydrogen (secondary N) is 1. The van der Waals surface area contributed by atoms with Crippen LogP contribution in [-0.2, 0) is 11.2 Å². The Morgan fingerprint density at radius 1 is 1.19 bits per heavy atom. The third-order valence-electron chi connectivity index (χ3n) is 2.89. The van der Waals surface area contributed by atoms with E-state index in [0.717, 1.165) is 5.56 Å². The zero-order valence-corrected chi connectivity index (χ0v) is 11.8. The third kappa shape index (κ3) is 4.03. The topological polar surface area (TPSA) is 79.3 Å². The van der Waals surface area contributed by atoms with Gasteiger partial charge in [0.25, 0.3) is 0 Å². The molecule has 6 heteroatoms. The molecule has 5 nitrogen and oxygen atoms in total. The number of carbonyl (C=O) groups excluding carboxylic acids is 1. The van der Waals surface area contributed by atoms with E-state index in [0.29, 0.717) is 6.42 Å². The number of hydrogen-bond donors (Lipinski definition) is 2. The summed E-state index contributed by atoms with van der Waals surface area (Å²) < 4.78 is 0. The number of aromatic carboxylic acids is 1. The van der Waals surface area contributed by atoms with Crippen LogP contribution >= 0.6 is 11.6 Å². The normalized spacial score (nSPS) is 10.1. The summed E-state index contributed by atoms with van der Waals surface area (Å²) >= 11 is 5.84. The number of rotatable bonds is 5. The van der Waals surface area contributed by atoms with Crippen LogP contribution in [0.15, 0.2) is 42.7 Å². The Balaban J connectivity index is 2.03. The van der Waals surface area contributed by atoms with E-state index in [1.165, 1.54) is 12.1 Å². The van der Waals surface area contributed by atoms with Gasteiger partial charge in [0.1, 0.15) is 5.56 Å². The average molecular weight is 305 g/mol. The van der Waals surface area contributed by atoms with Crippen molar-refractivity contribution in [2.24, 2.45) is 0 Å². The second-order valence-corrected chi connectivity index (χ2v) is 4.78. The van der Waals surface area contributed by atoms with Crippen molar-refractivity contribution in [3.63, 3.8) is 0 Å². The fraction of sp³-hybridized carbons (Fsp3) is 0.133. The summed E-state index contributed by atoms with van der Waals surface area (Å²) in [5, 5.41) is 11.8. The second kappa shape index (κ2) is 6.85. The fourth-order valence-corrected chi connectivity index (χ4v) is 2.12. The number of carboxylic acids is 1. The molecule has 0 radical (unpaired) electrons. The van der Waals surface area contributed by atoms with Crippen LogP contribution in [0.25, 0.3) is 0 Å². The number of hydrogen-bond acceptors (Lipinski definition) is 3. The molecule has 108 valence electrons. The summed E-state index contributed by atoms with van der Waals surface area (Å²) in [6, 6.07) is 8.23. The standard InChI is InChI=1S/C15H13ClN2O3/c16-11-2-1-3-12(14(11)15(20)21)18-13(19)5-4-10-6-8-17-9-7-10/h1-3,6-9H,4-5H2,(H,18,19)(H,20,21). The number of anilines is 1. The first-order valence-electron chi connectivity index (χ1n) is 6.28. The number of halogens is 1. The van der Waals surface area contributed by atoms with Gasteiger partial charge in [-0.25, -0.2) is 4.79 Å². The van der Waals surface area contributed by atoms with Crippen molar-refractivity contribution in [3.8, 4) is 0 Å². The molecule has 0 aliphatic heterocycles. The SMILES string of the molecule is O=C(CCc1ccncc1)Nc1cccc(Cl)c1C(=O)O. The predicted octanol–water partition coefficient (Wildman–Crippen LogP) is 3.00. The molecule has 0 spiro atoms. The molecule has 0 saturated heterocycles. The van der Waals surface area contributed by atoms with E-state index in [9.17, 15) is 9.59 Å². The van der Waals surface area contributed by atoms with Crippen LogP contribution in [0.1, 0.15) is 22.3 Å². The second-order valence-electron chi connectivity index (χ2n) is 4.37. The Morgan fingerprint density at radius 2 is 1.90 bits per heavy atom. The van der Waals surface area contributed by atoms with E-state index in [-0.39, 0.29) is 28.6 Å². The Kier molecular flexibility index (Phi) is 4.90. The van der Waals surface area contributed by atoms with E-state index in [4.69, 9.17) is 16.7 Å². The van der Waals surface area contributed by atoms with Crippen molar-refractivity contribution in [1.29, 1.82) is 0 Å². The van der Waals surface area contributed by atoms with Crippen LogP contribution in [-0.4, -0.2) is 22.0 Å². The van der Waals surface area contributed by atoms with E-state index in [1.54, 1.807) is 18.5 Å². The van der Waals surface area contributed by atoms with Gasteiger partial charge in [0.15, 0.2) is 0 Å². The van der Waals surface area contributed by atoms with Gasteiger partial charge in [0.05, 0.1) is 10.7 Å². The van der Waals surface area contributed by atoms with Crippen molar-refractivity contribution < 1.29 is 14.7 Å². The van der Waals surface area contributed by atoms with Crippen LogP contribution in [0, 0.1) is 0 Å². The van der Waals surface area contributed by atoms with Crippen LogP contribution < -0.4 is 5.32 Å². The summed E-state index contributed by atoms with van der Waals surface area (Å²) in [4.78, 5) is 27.0. The largest absolute Gasteiger partial charge is 0.478 e. The van der Waals surface area contributed by atoms with Gasteiger partial charge in [-0.15, -0.1) is 0 Å². The Bertz CT molecular complexity index is 659. The molecule has 0 unspecified atom stereocenters. The summed E-state index contributed by atoms with van der Waals surface area (Å²) in [7, 11) is 0. The summed E-state index contributed by atoms with van der Waals surface area (Å²) in [6.45, 7) is 0. The molecule has 2 N–H and O–H groups in total. The molecule has 0 bridgehead atoms. The maximum atomic E-state index is 11.9. The maximum Gasteiger partial charge on any atom is 0.339 e. The lowest BCUT2D eigenvalue weighted by atomic mass is 10.1. The van der Waals surface area contributed by atoms with Crippen molar-refractivity contribution in [2.75, 3.05) is 5.32 Å². The first kappa shape index (κ1) is 15.0. The minimum atomic E-state index is -1.18. The number of carbonyl (C=O) groups is 2. The molecule has 1 heterocycles. The summed E-state index contributed by atoms with van der Waals surface area (Å²) in [6.07, 6.45) is 4.12. The molecule has 0 aliphatic carbocycles. The molecular formula is C15H13ClN2O3. The molecule has 0 aliphatic rings. The van der Waals surface area contributed by atoms with E-state index in [2.05, 4.69) is 10.3 Å². The number of pyridine rings is 1. The number of amides is 1. The quantitative estimate of drug-likeness (QED) is 0.890. The first-order chi connectivity index (χ1) is 10.1. The van der Waals surface area contributed by atoms with E-state index in [1.807, 2.05) is 12.1 Å². The molecule has 21 heavy (non-hydrogen) atoms. The number of nitrogens with zero attached hydrogens (tertiary/aromatic N) is 1. The minimum absolute atomic E-state index is 0.0921. The van der Waals surface area contributed by atoms with Gasteiger partial charge in [0.2, 0.25) is 5.91 Å². The number of carboxylic acid groups (broad SMARTS) is 1. The molecule has 0 fully saturated rings. The zero-order chi connectivity index (χ0) is 15.2. The Labute approximate surface area is 126 Å². The third-order valence-corrected chi connectivity index (χ3v) is 3.21. The molecule has 2 aromatic rings. The van der Waals surface area contributed by atoms with Crippen molar-refractivity contribution in [1.82, 2.24) is 4.98 Å². The van der Waals surface area contributed by atoms with E-state index < -0.39 is 5.97 Å². The monoisotopic (exact) mass is 304 g/mol. The van der Waals surface area contributed by atoms with Crippen LogP contribution in [0.2, 0.25) is 5.02 Å². The van der Waals surface area contributed by atoms with Gasteiger partial charge in [-0.1, -0.05) is 17.7 Å². The summed E-state index contributed by atoms with van der Waals surface area (Å²) in [5.74, 6) is -1.44. The molecule has 1 aromatic carbocycles. The van der Waals surface area contributed by atoms with Crippen LogP contribution in [0.4, 0.5) is 5.69 Å². The van der Waals surface area contributed by atoms with Gasteiger partial charge >= 0.3 is 5.97 Å². The van der Waals surface area contributed by atoms with Crippen molar-refractivity contribution in [2.45, 2.75) is 12.8 Å². The van der Waals surface area contributed by atoms with Crippen LogP contribution in [0.3, 0.4) is 0 Å². The lowest BCUT2D eigenvalue weighted by Gasteiger charge is -2.09. The molecule has 0 atom stereocenters. The van der Waals surface area contributed by atoms with Gasteiger partial charge in [-0.05, 0) is 36.2 Å². The highest BCUT2D eigenvalue weighted by Gasteiger charge is 2.15. The number of aryl methyl sites for hydroxylation is 1.